The number of fused-ring (bicyclic) bond motifs is 3. The summed E-state index contributed by atoms with van der Waals surface area (Å²) >= 11 is 6.37. The third-order valence-electron chi connectivity index (χ3n) is 7.78. The normalized spacial score (nSPS) is 21.8. The summed E-state index contributed by atoms with van der Waals surface area (Å²) < 4.78 is 15.8. The van der Waals surface area contributed by atoms with Crippen LogP contribution in [0.25, 0.3) is 5.69 Å². The van der Waals surface area contributed by atoms with E-state index in [0.29, 0.717) is 23.6 Å². The summed E-state index contributed by atoms with van der Waals surface area (Å²) in [5, 5.41) is 10.1. The molecule has 33 heavy (non-hydrogen) atoms. The lowest BCUT2D eigenvalue weighted by Crippen LogP contribution is -2.62. The number of benzene rings is 1. The highest BCUT2D eigenvalue weighted by Gasteiger charge is 2.55. The Morgan fingerprint density at radius 2 is 1.94 bits per heavy atom. The van der Waals surface area contributed by atoms with Crippen molar-refractivity contribution in [2.45, 2.75) is 57.7 Å². The van der Waals surface area contributed by atoms with Gasteiger partial charge < -0.3 is 4.90 Å². The van der Waals surface area contributed by atoms with Crippen LogP contribution in [0.2, 0.25) is 5.02 Å². The Bertz CT molecular complexity index is 1260. The highest BCUT2D eigenvalue weighted by molar-refractivity contribution is 6.30. The lowest BCUT2D eigenvalue weighted by atomic mass is 9.57. The minimum Gasteiger partial charge on any atom is -0.340 e. The molecule has 0 N–H and O–H groups in total. The van der Waals surface area contributed by atoms with E-state index in [9.17, 15) is 4.39 Å². The van der Waals surface area contributed by atoms with Gasteiger partial charge in [0, 0.05) is 42.0 Å². The highest BCUT2D eigenvalue weighted by Crippen LogP contribution is 2.56. The van der Waals surface area contributed by atoms with Gasteiger partial charge in [-0.2, -0.15) is 0 Å². The van der Waals surface area contributed by atoms with E-state index in [2.05, 4.69) is 41.6 Å². The maximum absolute atomic E-state index is 13.5. The molecule has 2 aromatic heterocycles. The van der Waals surface area contributed by atoms with Crippen molar-refractivity contribution in [2.24, 2.45) is 5.41 Å². The number of rotatable bonds is 3. The molecular formula is C24H25ClFN7. The summed E-state index contributed by atoms with van der Waals surface area (Å²) in [7, 11) is 0. The smallest absolute Gasteiger partial charge is 0.225 e. The quantitative estimate of drug-likeness (QED) is 0.582. The van der Waals surface area contributed by atoms with Gasteiger partial charge in [0.15, 0.2) is 11.6 Å². The first kappa shape index (κ1) is 19.9. The van der Waals surface area contributed by atoms with E-state index in [1.807, 2.05) is 6.07 Å². The van der Waals surface area contributed by atoms with E-state index < -0.39 is 0 Å². The van der Waals surface area contributed by atoms with Crippen molar-refractivity contribution in [3.8, 4) is 5.69 Å². The molecule has 7 nitrogen and oxygen atoms in total. The zero-order chi connectivity index (χ0) is 22.3. The molecule has 2 saturated carbocycles. The molecule has 1 saturated heterocycles. The fraction of sp³-hybridized carbons (Fsp3) is 0.500. The Balaban J connectivity index is 1.13. The van der Waals surface area contributed by atoms with Gasteiger partial charge in [0.25, 0.3) is 0 Å². The van der Waals surface area contributed by atoms with Crippen molar-refractivity contribution in [3.63, 3.8) is 0 Å². The summed E-state index contributed by atoms with van der Waals surface area (Å²) in [6.07, 6.45) is 5.95. The van der Waals surface area contributed by atoms with Crippen LogP contribution < -0.4 is 4.90 Å². The van der Waals surface area contributed by atoms with Crippen molar-refractivity contribution in [2.75, 3.05) is 18.0 Å². The van der Waals surface area contributed by atoms with Crippen LogP contribution in [0.4, 0.5) is 10.3 Å². The summed E-state index contributed by atoms with van der Waals surface area (Å²) in [5.74, 6) is 2.77. The van der Waals surface area contributed by atoms with Crippen molar-refractivity contribution < 1.29 is 4.39 Å². The van der Waals surface area contributed by atoms with Crippen LogP contribution >= 0.6 is 11.6 Å². The molecule has 2 aliphatic carbocycles. The minimum absolute atomic E-state index is 0.274. The van der Waals surface area contributed by atoms with Crippen LogP contribution in [0, 0.1) is 18.2 Å². The first-order valence-electron chi connectivity index (χ1n) is 11.7. The average Bonchev–Trinajstić information content (AvgIpc) is 3.52. The van der Waals surface area contributed by atoms with E-state index in [-0.39, 0.29) is 11.2 Å². The lowest BCUT2D eigenvalue weighted by Gasteiger charge is -2.58. The highest BCUT2D eigenvalue weighted by atomic mass is 35.5. The summed E-state index contributed by atoms with van der Waals surface area (Å²) in [6.45, 7) is 5.25. The van der Waals surface area contributed by atoms with Crippen molar-refractivity contribution in [1.29, 1.82) is 0 Å². The van der Waals surface area contributed by atoms with E-state index in [1.165, 1.54) is 30.3 Å². The van der Waals surface area contributed by atoms with Gasteiger partial charge in [-0.1, -0.05) is 11.6 Å². The Labute approximate surface area is 196 Å². The number of halogens is 2. The van der Waals surface area contributed by atoms with E-state index in [4.69, 9.17) is 16.7 Å². The number of aryl methyl sites for hydroxylation is 1. The van der Waals surface area contributed by atoms with Gasteiger partial charge in [-0.05, 0) is 56.4 Å². The van der Waals surface area contributed by atoms with Gasteiger partial charge in [-0.3, -0.25) is 9.47 Å². The molecule has 0 bridgehead atoms. The SMILES string of the molecule is Cc1nc(N2CC3(CC(c4nnc5n4-c4ccc(Cl)cc4CN(C4CC4)C5)C3)C2)ncc1F. The Morgan fingerprint density at radius 3 is 2.70 bits per heavy atom. The largest absolute Gasteiger partial charge is 0.340 e. The second kappa shape index (κ2) is 6.96. The van der Waals surface area contributed by atoms with Crippen LogP contribution in [0.3, 0.4) is 0 Å². The third kappa shape index (κ3) is 3.18. The van der Waals surface area contributed by atoms with Crippen LogP contribution in [0.15, 0.2) is 24.4 Å². The molecule has 0 atom stereocenters. The van der Waals surface area contributed by atoms with E-state index in [0.717, 1.165) is 55.7 Å². The standard InChI is InChI=1S/C24H25ClFN7/c1-14-19(26)9-27-23(28-14)32-12-24(13-32)7-16(8-24)22-30-29-21-11-31(18-3-4-18)10-15-6-17(25)2-5-20(15)33(21)22/h2,5-6,9,16,18H,3-4,7-8,10-13H2,1H3. The lowest BCUT2D eigenvalue weighted by molar-refractivity contribution is 0.0574. The number of anilines is 1. The Morgan fingerprint density at radius 1 is 1.12 bits per heavy atom. The topological polar surface area (TPSA) is 63.0 Å². The maximum atomic E-state index is 13.5. The van der Waals surface area contributed by atoms with Crippen molar-refractivity contribution in [1.82, 2.24) is 29.6 Å². The van der Waals surface area contributed by atoms with Crippen LogP contribution in [-0.4, -0.2) is 48.8 Å². The second-order valence-electron chi connectivity index (χ2n) is 10.3. The predicted octanol–water partition coefficient (Wildman–Crippen LogP) is 4.02. The number of aromatic nitrogens is 5. The zero-order valence-electron chi connectivity index (χ0n) is 18.5. The first-order valence-corrected chi connectivity index (χ1v) is 12.1. The van der Waals surface area contributed by atoms with Gasteiger partial charge in [0.05, 0.1) is 24.1 Å². The van der Waals surface area contributed by atoms with Gasteiger partial charge in [0.1, 0.15) is 5.82 Å². The van der Waals surface area contributed by atoms with Gasteiger partial charge in [-0.25, -0.2) is 14.4 Å². The minimum atomic E-state index is -0.355. The zero-order valence-corrected chi connectivity index (χ0v) is 19.3. The Kier molecular flexibility index (Phi) is 4.19. The molecular weight excluding hydrogens is 441 g/mol. The molecule has 4 heterocycles. The van der Waals surface area contributed by atoms with Crippen LogP contribution in [-0.2, 0) is 13.1 Å². The molecule has 0 radical (unpaired) electrons. The molecule has 3 fully saturated rings. The van der Waals surface area contributed by atoms with E-state index >= 15 is 0 Å². The molecule has 0 amide bonds. The van der Waals surface area contributed by atoms with Gasteiger partial charge in [-0.15, -0.1) is 10.2 Å². The number of hydrogen-bond acceptors (Lipinski definition) is 6. The van der Waals surface area contributed by atoms with Crippen molar-refractivity contribution in [3.05, 3.63) is 58.1 Å². The Hall–Kier alpha value is -2.58. The number of hydrogen-bond donors (Lipinski definition) is 0. The molecule has 9 heteroatoms. The molecule has 1 spiro atoms. The molecule has 3 aromatic rings. The molecule has 170 valence electrons. The van der Waals surface area contributed by atoms with Gasteiger partial charge >= 0.3 is 0 Å². The number of nitrogens with zero attached hydrogens (tertiary/aromatic N) is 7. The summed E-state index contributed by atoms with van der Waals surface area (Å²) in [6, 6.07) is 6.84. The van der Waals surface area contributed by atoms with Crippen molar-refractivity contribution >= 4 is 17.5 Å². The molecule has 4 aliphatic rings. The fourth-order valence-electron chi connectivity index (χ4n) is 5.94. The van der Waals surface area contributed by atoms with Crippen LogP contribution in [0.5, 0.6) is 0 Å². The third-order valence-corrected chi connectivity index (χ3v) is 8.02. The predicted molar refractivity (Wildman–Crippen MR) is 122 cm³/mol. The van der Waals surface area contributed by atoms with E-state index in [1.54, 1.807) is 6.92 Å². The molecule has 0 unspecified atom stereocenters. The first-order chi connectivity index (χ1) is 16.0. The monoisotopic (exact) mass is 465 g/mol. The molecule has 2 aliphatic heterocycles. The fourth-order valence-corrected chi connectivity index (χ4v) is 6.13. The molecule has 1 aromatic carbocycles. The summed E-state index contributed by atoms with van der Waals surface area (Å²) in [4.78, 5) is 13.2. The maximum Gasteiger partial charge on any atom is 0.225 e. The van der Waals surface area contributed by atoms with Gasteiger partial charge in [0.2, 0.25) is 5.95 Å². The molecule has 7 rings (SSSR count). The summed E-state index contributed by atoms with van der Waals surface area (Å²) in [5.41, 5.74) is 3.10. The average molecular weight is 466 g/mol. The van der Waals surface area contributed by atoms with Crippen LogP contribution in [0.1, 0.15) is 54.5 Å². The second-order valence-corrected chi connectivity index (χ2v) is 10.7.